The van der Waals surface area contributed by atoms with Crippen LogP contribution in [0.3, 0.4) is 0 Å². The highest BCUT2D eigenvalue weighted by atomic mass is 35.5. The van der Waals surface area contributed by atoms with Crippen LogP contribution in [0.15, 0.2) is 65.0 Å². The molecule has 4 rings (SSSR count). The molecule has 0 saturated heterocycles. The molecule has 2 aliphatic rings. The van der Waals surface area contributed by atoms with Gasteiger partial charge in [0.25, 0.3) is 0 Å². The van der Waals surface area contributed by atoms with E-state index >= 15 is 0 Å². The Labute approximate surface area is 203 Å². The zero-order valence-corrected chi connectivity index (χ0v) is 19.8. The molecular weight excluding hydrogens is 458 g/mol. The summed E-state index contributed by atoms with van der Waals surface area (Å²) in [6.45, 7) is 2.01. The number of nitrogens with one attached hydrogen (secondary N) is 1. The second-order valence-electron chi connectivity index (χ2n) is 8.12. The van der Waals surface area contributed by atoms with Crippen LogP contribution in [0, 0.1) is 0 Å². The first-order valence-corrected chi connectivity index (χ1v) is 11.4. The number of hydrogen-bond acceptors (Lipinski definition) is 7. The molecule has 0 radical (unpaired) electrons. The van der Waals surface area contributed by atoms with E-state index < -0.39 is 11.9 Å². The lowest BCUT2D eigenvalue weighted by Gasteiger charge is -2.34. The normalized spacial score (nSPS) is 17.7. The van der Waals surface area contributed by atoms with Crippen molar-refractivity contribution >= 4 is 23.4 Å². The standard InChI is InChI=1S/C26H26ClNO6/c1-15-22(26(31)34-12-11-33-17-7-4-3-5-8-17)23(24-19(28-15)9-6-10-20(24)29)16-13-18(27)25(30)21(14-16)32-2/h3-5,7-8,13-14,23,28,30H,6,9-12H2,1-2H3/t23-/m0/s1. The zero-order valence-electron chi connectivity index (χ0n) is 19.0. The maximum Gasteiger partial charge on any atom is 0.336 e. The first-order chi connectivity index (χ1) is 16.4. The summed E-state index contributed by atoms with van der Waals surface area (Å²) in [7, 11) is 1.41. The smallest absolute Gasteiger partial charge is 0.336 e. The molecule has 1 atom stereocenters. The molecule has 8 heteroatoms. The quantitative estimate of drug-likeness (QED) is 0.437. The second kappa shape index (κ2) is 10.2. The van der Waals surface area contributed by atoms with Gasteiger partial charge in [0, 0.05) is 29.3 Å². The van der Waals surface area contributed by atoms with E-state index in [-0.39, 0.29) is 35.5 Å². The Bertz CT molecular complexity index is 1170. The third-order valence-corrected chi connectivity index (χ3v) is 6.22. The van der Waals surface area contributed by atoms with Gasteiger partial charge >= 0.3 is 5.97 Å². The summed E-state index contributed by atoms with van der Waals surface area (Å²) in [6, 6.07) is 12.4. The maximum atomic E-state index is 13.3. The average Bonchev–Trinajstić information content (AvgIpc) is 2.83. The fourth-order valence-corrected chi connectivity index (χ4v) is 4.61. The third kappa shape index (κ3) is 4.75. The van der Waals surface area contributed by atoms with Gasteiger partial charge in [-0.05, 0) is 49.6 Å². The predicted molar refractivity (Wildman–Crippen MR) is 127 cm³/mol. The van der Waals surface area contributed by atoms with Gasteiger partial charge < -0.3 is 24.6 Å². The Balaban J connectivity index is 1.64. The van der Waals surface area contributed by atoms with Crippen LogP contribution >= 0.6 is 11.6 Å². The number of esters is 1. The Hall–Kier alpha value is -3.45. The van der Waals surface area contributed by atoms with E-state index in [9.17, 15) is 14.7 Å². The Morgan fingerprint density at radius 1 is 1.18 bits per heavy atom. The first-order valence-electron chi connectivity index (χ1n) is 11.1. The van der Waals surface area contributed by atoms with Crippen LogP contribution in [-0.2, 0) is 14.3 Å². The van der Waals surface area contributed by atoms with Crippen molar-refractivity contribution in [2.75, 3.05) is 20.3 Å². The fraction of sp³-hybridized carbons (Fsp3) is 0.308. The molecule has 0 amide bonds. The van der Waals surface area contributed by atoms with Crippen molar-refractivity contribution in [2.45, 2.75) is 32.1 Å². The lowest BCUT2D eigenvalue weighted by molar-refractivity contribution is -0.140. The number of methoxy groups -OCH3 is 1. The van der Waals surface area contributed by atoms with E-state index in [0.717, 1.165) is 12.1 Å². The molecule has 2 aromatic carbocycles. The van der Waals surface area contributed by atoms with Crippen molar-refractivity contribution in [3.8, 4) is 17.2 Å². The molecule has 0 bridgehead atoms. The molecule has 2 aromatic rings. The number of carbonyl (C=O) groups excluding carboxylic acids is 2. The number of halogens is 1. The maximum absolute atomic E-state index is 13.3. The molecule has 0 unspecified atom stereocenters. The number of phenolic OH excluding ortho intramolecular Hbond substituents is 1. The van der Waals surface area contributed by atoms with Crippen LogP contribution < -0.4 is 14.8 Å². The number of benzene rings is 2. The van der Waals surface area contributed by atoms with E-state index in [2.05, 4.69) is 5.32 Å². The van der Waals surface area contributed by atoms with Gasteiger partial charge in [-0.1, -0.05) is 29.8 Å². The molecule has 1 aliphatic heterocycles. The molecule has 1 aliphatic carbocycles. The fourth-order valence-electron chi connectivity index (χ4n) is 4.39. The van der Waals surface area contributed by atoms with Crippen LogP contribution in [0.1, 0.15) is 37.7 Å². The minimum Gasteiger partial charge on any atom is -0.503 e. The highest BCUT2D eigenvalue weighted by Crippen LogP contribution is 2.46. The monoisotopic (exact) mass is 483 g/mol. The largest absolute Gasteiger partial charge is 0.503 e. The minimum atomic E-state index is -0.696. The second-order valence-corrected chi connectivity index (χ2v) is 8.52. The summed E-state index contributed by atoms with van der Waals surface area (Å²) in [5, 5.41) is 13.5. The predicted octanol–water partition coefficient (Wildman–Crippen LogP) is 4.64. The summed E-state index contributed by atoms with van der Waals surface area (Å²) in [6.07, 6.45) is 1.83. The minimum absolute atomic E-state index is 0.0351. The Kier molecular flexibility index (Phi) is 7.12. The molecule has 0 spiro atoms. The summed E-state index contributed by atoms with van der Waals surface area (Å²) in [4.78, 5) is 26.3. The van der Waals surface area contributed by atoms with Crippen LogP contribution in [0.2, 0.25) is 5.02 Å². The third-order valence-electron chi connectivity index (χ3n) is 5.93. The number of aromatic hydroxyl groups is 1. The summed E-state index contributed by atoms with van der Waals surface area (Å²) in [5.74, 6) is -0.646. The van der Waals surface area contributed by atoms with Gasteiger partial charge in [-0.3, -0.25) is 4.79 Å². The van der Waals surface area contributed by atoms with Gasteiger partial charge in [0.05, 0.1) is 17.7 Å². The molecule has 34 heavy (non-hydrogen) atoms. The van der Waals surface area contributed by atoms with Crippen molar-refractivity contribution in [3.63, 3.8) is 0 Å². The van der Waals surface area contributed by atoms with Gasteiger partial charge in [0.2, 0.25) is 0 Å². The number of rotatable bonds is 7. The number of ketones is 1. The molecule has 0 saturated carbocycles. The van der Waals surface area contributed by atoms with Crippen molar-refractivity contribution < 1.29 is 28.9 Å². The summed E-state index contributed by atoms with van der Waals surface area (Å²) >= 11 is 6.26. The van der Waals surface area contributed by atoms with E-state index in [1.54, 1.807) is 19.1 Å². The summed E-state index contributed by atoms with van der Waals surface area (Å²) < 4.78 is 16.4. The van der Waals surface area contributed by atoms with Gasteiger partial charge in [-0.15, -0.1) is 0 Å². The van der Waals surface area contributed by atoms with Crippen molar-refractivity contribution in [1.29, 1.82) is 0 Å². The van der Waals surface area contributed by atoms with Crippen molar-refractivity contribution in [3.05, 3.63) is 75.6 Å². The van der Waals surface area contributed by atoms with E-state index in [0.29, 0.717) is 41.0 Å². The van der Waals surface area contributed by atoms with E-state index in [1.807, 2.05) is 30.3 Å². The molecule has 0 aromatic heterocycles. The van der Waals surface area contributed by atoms with E-state index in [4.69, 9.17) is 25.8 Å². The number of hydrogen-bond donors (Lipinski definition) is 2. The Morgan fingerprint density at radius 2 is 1.94 bits per heavy atom. The first kappa shape index (κ1) is 23.7. The van der Waals surface area contributed by atoms with Crippen molar-refractivity contribution in [1.82, 2.24) is 5.32 Å². The highest BCUT2D eigenvalue weighted by molar-refractivity contribution is 6.32. The Morgan fingerprint density at radius 3 is 2.68 bits per heavy atom. The molecular formula is C26H26ClNO6. The number of carbonyl (C=O) groups is 2. The molecule has 1 heterocycles. The van der Waals surface area contributed by atoms with Crippen LogP contribution in [0.25, 0.3) is 0 Å². The number of phenols is 1. The van der Waals surface area contributed by atoms with Gasteiger partial charge in [0.1, 0.15) is 19.0 Å². The number of allylic oxidation sites excluding steroid dienone is 3. The van der Waals surface area contributed by atoms with Crippen molar-refractivity contribution in [2.24, 2.45) is 0 Å². The molecule has 2 N–H and O–H groups in total. The molecule has 0 fully saturated rings. The topological polar surface area (TPSA) is 94.1 Å². The highest BCUT2D eigenvalue weighted by Gasteiger charge is 2.39. The number of para-hydroxylation sites is 1. The lowest BCUT2D eigenvalue weighted by atomic mass is 9.75. The molecule has 7 nitrogen and oxygen atoms in total. The van der Waals surface area contributed by atoms with Crippen LogP contribution in [0.5, 0.6) is 17.2 Å². The van der Waals surface area contributed by atoms with Gasteiger partial charge in [0.15, 0.2) is 17.3 Å². The number of Topliss-reactive ketones (excluding diaryl/α,β-unsaturated/α-hetero) is 1. The van der Waals surface area contributed by atoms with E-state index in [1.165, 1.54) is 7.11 Å². The lowest BCUT2D eigenvalue weighted by Crippen LogP contribution is -2.34. The molecule has 178 valence electrons. The number of dihydropyridines is 1. The van der Waals surface area contributed by atoms with Gasteiger partial charge in [-0.2, -0.15) is 0 Å². The zero-order chi connectivity index (χ0) is 24.2. The average molecular weight is 484 g/mol. The van der Waals surface area contributed by atoms with Crippen LogP contribution in [0.4, 0.5) is 0 Å². The SMILES string of the molecule is COc1cc([C@H]2C(C(=O)OCCOc3ccccc3)=C(C)NC3=C2C(=O)CCC3)cc(Cl)c1O. The van der Waals surface area contributed by atoms with Crippen LogP contribution in [-0.4, -0.2) is 37.2 Å². The number of ether oxygens (including phenoxy) is 3. The summed E-state index contributed by atoms with van der Waals surface area (Å²) in [5.41, 5.74) is 2.81. The van der Waals surface area contributed by atoms with Gasteiger partial charge in [-0.25, -0.2) is 4.79 Å².